The van der Waals surface area contributed by atoms with Gasteiger partial charge in [0.15, 0.2) is 0 Å². The molecule has 0 spiro atoms. The summed E-state index contributed by atoms with van der Waals surface area (Å²) in [5.41, 5.74) is 1.64. The summed E-state index contributed by atoms with van der Waals surface area (Å²) in [6.07, 6.45) is 3.19. The van der Waals surface area contributed by atoms with Crippen LogP contribution in [0.2, 0.25) is 0 Å². The van der Waals surface area contributed by atoms with Crippen molar-refractivity contribution in [2.24, 2.45) is 0 Å². The number of morpholine rings is 1. The number of aryl methyl sites for hydroxylation is 2. The van der Waals surface area contributed by atoms with Crippen molar-refractivity contribution in [3.05, 3.63) is 46.0 Å². The number of nitrogens with zero attached hydrogens (tertiary/aromatic N) is 3. The summed E-state index contributed by atoms with van der Waals surface area (Å²) in [5, 5.41) is 4.03. The Morgan fingerprint density at radius 2 is 2.32 bits per heavy atom. The molecule has 0 aliphatic carbocycles. The molecule has 0 radical (unpaired) electrons. The van der Waals surface area contributed by atoms with Gasteiger partial charge in [0.05, 0.1) is 24.7 Å². The van der Waals surface area contributed by atoms with Crippen LogP contribution in [0.25, 0.3) is 0 Å². The summed E-state index contributed by atoms with van der Waals surface area (Å²) in [7, 11) is 0. The zero-order valence-electron chi connectivity index (χ0n) is 12.6. The van der Waals surface area contributed by atoms with Crippen LogP contribution in [0.1, 0.15) is 23.6 Å². The first kappa shape index (κ1) is 14.9. The SMILES string of the molecule is Cc1cc(CN2CCOC(CCc3cc(=O)[nH]cn3)C2)no1. The van der Waals surface area contributed by atoms with Gasteiger partial charge in [-0.05, 0) is 19.8 Å². The lowest BCUT2D eigenvalue weighted by molar-refractivity contribution is -0.0352. The van der Waals surface area contributed by atoms with Crippen molar-refractivity contribution in [2.45, 2.75) is 32.4 Å². The number of hydrogen-bond donors (Lipinski definition) is 1. The molecule has 2 aromatic rings. The van der Waals surface area contributed by atoms with E-state index in [2.05, 4.69) is 20.0 Å². The van der Waals surface area contributed by atoms with Crippen molar-refractivity contribution >= 4 is 0 Å². The number of rotatable bonds is 5. The molecule has 118 valence electrons. The summed E-state index contributed by atoms with van der Waals surface area (Å²) in [6, 6.07) is 3.50. The maximum absolute atomic E-state index is 11.2. The van der Waals surface area contributed by atoms with Gasteiger partial charge in [0.2, 0.25) is 0 Å². The highest BCUT2D eigenvalue weighted by atomic mass is 16.5. The van der Waals surface area contributed by atoms with Crippen molar-refractivity contribution in [2.75, 3.05) is 19.7 Å². The molecule has 7 nitrogen and oxygen atoms in total. The molecule has 1 fully saturated rings. The number of nitrogens with one attached hydrogen (secondary N) is 1. The molecule has 0 saturated carbocycles. The Morgan fingerprint density at radius 3 is 3.09 bits per heavy atom. The minimum atomic E-state index is -0.113. The molecule has 1 unspecified atom stereocenters. The normalized spacial score (nSPS) is 19.4. The van der Waals surface area contributed by atoms with E-state index in [-0.39, 0.29) is 11.7 Å². The quantitative estimate of drug-likeness (QED) is 0.883. The van der Waals surface area contributed by atoms with Crippen molar-refractivity contribution < 1.29 is 9.26 Å². The summed E-state index contributed by atoms with van der Waals surface area (Å²) in [6.45, 7) is 5.14. The topological polar surface area (TPSA) is 84.2 Å². The van der Waals surface area contributed by atoms with Crippen LogP contribution in [0.5, 0.6) is 0 Å². The first-order valence-corrected chi connectivity index (χ1v) is 7.49. The van der Waals surface area contributed by atoms with Crippen molar-refractivity contribution in [1.82, 2.24) is 20.0 Å². The third-order valence-electron chi connectivity index (χ3n) is 3.74. The first-order valence-electron chi connectivity index (χ1n) is 7.49. The molecule has 2 aromatic heterocycles. The second-order valence-corrected chi connectivity index (χ2v) is 5.60. The van der Waals surface area contributed by atoms with Gasteiger partial charge >= 0.3 is 0 Å². The van der Waals surface area contributed by atoms with Crippen LogP contribution in [-0.4, -0.2) is 45.8 Å². The van der Waals surface area contributed by atoms with Gasteiger partial charge < -0.3 is 14.2 Å². The lowest BCUT2D eigenvalue weighted by Crippen LogP contribution is -2.42. The van der Waals surface area contributed by atoms with Gasteiger partial charge in [-0.15, -0.1) is 0 Å². The van der Waals surface area contributed by atoms with Crippen LogP contribution in [0.4, 0.5) is 0 Å². The molecule has 3 rings (SSSR count). The Labute approximate surface area is 128 Å². The largest absolute Gasteiger partial charge is 0.376 e. The number of aromatic amines is 1. The fourth-order valence-electron chi connectivity index (χ4n) is 2.67. The van der Waals surface area contributed by atoms with E-state index in [4.69, 9.17) is 9.26 Å². The van der Waals surface area contributed by atoms with Crippen LogP contribution in [0, 0.1) is 6.92 Å². The highest BCUT2D eigenvalue weighted by Crippen LogP contribution is 2.14. The predicted octanol–water partition coefficient (Wildman–Crippen LogP) is 0.900. The van der Waals surface area contributed by atoms with E-state index in [1.165, 1.54) is 6.33 Å². The van der Waals surface area contributed by atoms with Gasteiger partial charge in [-0.2, -0.15) is 0 Å². The third kappa shape index (κ3) is 4.02. The molecule has 3 heterocycles. The van der Waals surface area contributed by atoms with E-state index >= 15 is 0 Å². The van der Waals surface area contributed by atoms with E-state index in [1.54, 1.807) is 6.07 Å². The molecular formula is C15H20N4O3. The molecule has 7 heteroatoms. The molecule has 1 atom stereocenters. The molecule has 1 saturated heterocycles. The fourth-order valence-corrected chi connectivity index (χ4v) is 2.67. The van der Waals surface area contributed by atoms with Crippen molar-refractivity contribution in [3.63, 3.8) is 0 Å². The average Bonchev–Trinajstić information content (AvgIpc) is 2.91. The maximum Gasteiger partial charge on any atom is 0.250 e. The zero-order valence-corrected chi connectivity index (χ0v) is 12.6. The Bertz CT molecular complexity index is 667. The summed E-state index contributed by atoms with van der Waals surface area (Å²) < 4.78 is 10.9. The van der Waals surface area contributed by atoms with E-state index in [1.807, 2.05) is 13.0 Å². The molecule has 1 aliphatic heterocycles. The number of aromatic nitrogens is 3. The molecule has 0 aromatic carbocycles. The first-order chi connectivity index (χ1) is 10.7. The summed E-state index contributed by atoms with van der Waals surface area (Å²) in [5.74, 6) is 0.834. The highest BCUT2D eigenvalue weighted by molar-refractivity contribution is 5.03. The lowest BCUT2D eigenvalue weighted by atomic mass is 10.1. The maximum atomic E-state index is 11.2. The van der Waals surface area contributed by atoms with E-state index in [0.717, 1.165) is 49.6 Å². The highest BCUT2D eigenvalue weighted by Gasteiger charge is 2.21. The van der Waals surface area contributed by atoms with Gasteiger partial charge in [-0.3, -0.25) is 9.69 Å². The second kappa shape index (κ2) is 6.85. The molecular weight excluding hydrogens is 284 g/mol. The van der Waals surface area contributed by atoms with Crippen LogP contribution >= 0.6 is 0 Å². The predicted molar refractivity (Wildman–Crippen MR) is 79.4 cm³/mol. The summed E-state index contributed by atoms with van der Waals surface area (Å²) in [4.78, 5) is 20.3. The van der Waals surface area contributed by atoms with E-state index < -0.39 is 0 Å². The fraction of sp³-hybridized carbons (Fsp3) is 0.533. The Hall–Kier alpha value is -1.99. The number of H-pyrrole nitrogens is 1. The summed E-state index contributed by atoms with van der Waals surface area (Å²) >= 11 is 0. The average molecular weight is 304 g/mol. The van der Waals surface area contributed by atoms with Crippen LogP contribution in [-0.2, 0) is 17.7 Å². The molecule has 22 heavy (non-hydrogen) atoms. The van der Waals surface area contributed by atoms with Gasteiger partial charge in [0.1, 0.15) is 5.76 Å². The van der Waals surface area contributed by atoms with Crippen LogP contribution < -0.4 is 5.56 Å². The lowest BCUT2D eigenvalue weighted by Gasteiger charge is -2.32. The minimum absolute atomic E-state index is 0.113. The van der Waals surface area contributed by atoms with Gasteiger partial charge in [-0.25, -0.2) is 4.98 Å². The van der Waals surface area contributed by atoms with E-state index in [0.29, 0.717) is 6.61 Å². The Kier molecular flexibility index (Phi) is 4.65. The van der Waals surface area contributed by atoms with Crippen molar-refractivity contribution in [3.8, 4) is 0 Å². The molecule has 1 aliphatic rings. The van der Waals surface area contributed by atoms with Crippen molar-refractivity contribution in [1.29, 1.82) is 0 Å². The van der Waals surface area contributed by atoms with Crippen LogP contribution in [0.3, 0.4) is 0 Å². The van der Waals surface area contributed by atoms with Gasteiger partial charge in [-0.1, -0.05) is 5.16 Å². The third-order valence-corrected chi connectivity index (χ3v) is 3.74. The Balaban J connectivity index is 1.51. The van der Waals surface area contributed by atoms with Gasteiger partial charge in [0, 0.05) is 37.5 Å². The zero-order chi connectivity index (χ0) is 15.4. The van der Waals surface area contributed by atoms with E-state index in [9.17, 15) is 4.79 Å². The molecule has 0 amide bonds. The smallest absolute Gasteiger partial charge is 0.250 e. The number of ether oxygens (including phenoxy) is 1. The molecule has 1 N–H and O–H groups in total. The van der Waals surface area contributed by atoms with Crippen LogP contribution in [0.15, 0.2) is 27.8 Å². The minimum Gasteiger partial charge on any atom is -0.376 e. The van der Waals surface area contributed by atoms with Gasteiger partial charge in [0.25, 0.3) is 5.56 Å². The molecule has 0 bridgehead atoms. The monoisotopic (exact) mass is 304 g/mol. The second-order valence-electron chi connectivity index (χ2n) is 5.60. The Morgan fingerprint density at radius 1 is 1.41 bits per heavy atom. The number of hydrogen-bond acceptors (Lipinski definition) is 6. The standard InChI is InChI=1S/C15H20N4O3/c1-11-6-13(18-22-11)8-19-4-5-21-14(9-19)3-2-12-7-15(20)17-10-16-12/h6-7,10,14H,2-5,8-9H2,1H3,(H,16,17,20).